The van der Waals surface area contributed by atoms with Crippen LogP contribution in [0.25, 0.3) is 0 Å². The highest BCUT2D eigenvalue weighted by Crippen LogP contribution is 2.03. The van der Waals surface area contributed by atoms with Gasteiger partial charge in [0.15, 0.2) is 0 Å². The smallest absolute Gasteiger partial charge is 0.0416 e. The Labute approximate surface area is 112 Å². The first-order valence-electron chi connectivity index (χ1n) is 7.15. The first-order valence-corrected chi connectivity index (χ1v) is 7.15. The van der Waals surface area contributed by atoms with E-state index in [1.165, 1.54) is 38.5 Å². The summed E-state index contributed by atoms with van der Waals surface area (Å²) in [5.74, 6) is 0. The van der Waals surface area contributed by atoms with Gasteiger partial charge in [-0.1, -0.05) is 45.1 Å². The normalized spacial score (nSPS) is 9.72. The second-order valence-corrected chi connectivity index (χ2v) is 4.42. The summed E-state index contributed by atoms with van der Waals surface area (Å²) in [5.41, 5.74) is 11.7. The molecule has 0 aliphatic heterocycles. The van der Waals surface area contributed by atoms with Crippen molar-refractivity contribution < 1.29 is 0 Å². The second kappa shape index (κ2) is 14.1. The molecule has 1 heterocycles. The minimum absolute atomic E-state index is 0.678. The van der Waals surface area contributed by atoms with Gasteiger partial charge in [-0.15, -0.1) is 0 Å². The lowest BCUT2D eigenvalue weighted by molar-refractivity contribution is 0.612. The Morgan fingerprint density at radius 1 is 0.944 bits per heavy atom. The van der Waals surface area contributed by atoms with Gasteiger partial charge in [0.2, 0.25) is 0 Å². The molecule has 0 aliphatic carbocycles. The lowest BCUT2D eigenvalue weighted by Gasteiger charge is -1.96. The highest BCUT2D eigenvalue weighted by atomic mass is 14.7. The van der Waals surface area contributed by atoms with Gasteiger partial charge in [-0.3, -0.25) is 4.98 Å². The summed E-state index contributed by atoms with van der Waals surface area (Å²) in [4.78, 5) is 4.09. The SMILES string of the molecule is CCCCCCCCN.NCCc1ccccn1. The van der Waals surface area contributed by atoms with Gasteiger partial charge in [-0.05, 0) is 31.6 Å². The standard InChI is InChI=1S/C8H19N.C7H10N2/c1-2-3-4-5-6-7-8-9;8-5-4-7-3-1-2-6-9-7/h2-9H2,1H3;1-3,6H,4-5,8H2. The first-order chi connectivity index (χ1) is 8.85. The lowest BCUT2D eigenvalue weighted by Crippen LogP contribution is -2.03. The molecule has 0 aromatic carbocycles. The van der Waals surface area contributed by atoms with Crippen molar-refractivity contribution in [1.82, 2.24) is 4.98 Å². The van der Waals surface area contributed by atoms with E-state index in [2.05, 4.69) is 11.9 Å². The topological polar surface area (TPSA) is 64.9 Å². The average Bonchev–Trinajstić information content (AvgIpc) is 2.41. The molecule has 0 saturated heterocycles. The Morgan fingerprint density at radius 2 is 1.67 bits per heavy atom. The van der Waals surface area contributed by atoms with E-state index in [-0.39, 0.29) is 0 Å². The maximum atomic E-state index is 5.34. The van der Waals surface area contributed by atoms with Crippen LogP contribution in [0, 0.1) is 0 Å². The molecule has 1 aromatic heterocycles. The molecule has 3 heteroatoms. The minimum atomic E-state index is 0.678. The van der Waals surface area contributed by atoms with E-state index >= 15 is 0 Å². The van der Waals surface area contributed by atoms with Gasteiger partial charge < -0.3 is 11.5 Å². The zero-order valence-corrected chi connectivity index (χ0v) is 11.8. The monoisotopic (exact) mass is 251 g/mol. The number of unbranched alkanes of at least 4 members (excludes halogenated alkanes) is 5. The predicted molar refractivity (Wildman–Crippen MR) is 79.4 cm³/mol. The average molecular weight is 251 g/mol. The maximum absolute atomic E-state index is 5.34. The fraction of sp³-hybridized carbons (Fsp3) is 0.667. The highest BCUT2D eigenvalue weighted by molar-refractivity contribution is 5.03. The Hall–Kier alpha value is -0.930. The molecule has 0 fully saturated rings. The molecule has 0 amide bonds. The molecule has 0 radical (unpaired) electrons. The number of nitrogens with two attached hydrogens (primary N) is 2. The number of pyridine rings is 1. The minimum Gasteiger partial charge on any atom is -0.330 e. The molecule has 0 saturated carbocycles. The van der Waals surface area contributed by atoms with E-state index in [0.29, 0.717) is 6.54 Å². The van der Waals surface area contributed by atoms with Gasteiger partial charge in [0.25, 0.3) is 0 Å². The zero-order valence-electron chi connectivity index (χ0n) is 11.8. The molecule has 0 atom stereocenters. The van der Waals surface area contributed by atoms with Crippen LogP contribution in [0.2, 0.25) is 0 Å². The quantitative estimate of drug-likeness (QED) is 0.698. The Morgan fingerprint density at radius 3 is 2.22 bits per heavy atom. The second-order valence-electron chi connectivity index (χ2n) is 4.42. The van der Waals surface area contributed by atoms with Crippen LogP contribution in [0.5, 0.6) is 0 Å². The predicted octanol–water partition coefficient (Wildman–Crippen LogP) is 2.89. The van der Waals surface area contributed by atoms with Crippen LogP contribution in [0.1, 0.15) is 51.1 Å². The third-order valence-corrected chi connectivity index (χ3v) is 2.68. The zero-order chi connectivity index (χ0) is 13.5. The summed E-state index contributed by atoms with van der Waals surface area (Å²) >= 11 is 0. The largest absolute Gasteiger partial charge is 0.330 e. The fourth-order valence-electron chi connectivity index (χ4n) is 1.62. The third kappa shape index (κ3) is 11.6. The lowest BCUT2D eigenvalue weighted by atomic mass is 10.1. The van der Waals surface area contributed by atoms with Crippen molar-refractivity contribution in [3.63, 3.8) is 0 Å². The molecule has 1 rings (SSSR count). The summed E-state index contributed by atoms with van der Waals surface area (Å²) < 4.78 is 0. The van der Waals surface area contributed by atoms with Gasteiger partial charge in [0.1, 0.15) is 0 Å². The van der Waals surface area contributed by atoms with Crippen molar-refractivity contribution >= 4 is 0 Å². The van der Waals surface area contributed by atoms with Gasteiger partial charge in [-0.2, -0.15) is 0 Å². The summed E-state index contributed by atoms with van der Waals surface area (Å²) in [6, 6.07) is 5.85. The van der Waals surface area contributed by atoms with Gasteiger partial charge in [-0.25, -0.2) is 0 Å². The van der Waals surface area contributed by atoms with E-state index in [4.69, 9.17) is 11.5 Å². The van der Waals surface area contributed by atoms with Crippen LogP contribution in [0.4, 0.5) is 0 Å². The molecular formula is C15H29N3. The number of hydrogen-bond acceptors (Lipinski definition) is 3. The van der Waals surface area contributed by atoms with Crippen LogP contribution in [-0.4, -0.2) is 18.1 Å². The van der Waals surface area contributed by atoms with Crippen molar-refractivity contribution in [1.29, 1.82) is 0 Å². The molecule has 1 aromatic rings. The van der Waals surface area contributed by atoms with Crippen LogP contribution in [-0.2, 0) is 6.42 Å². The molecule has 0 bridgehead atoms. The summed E-state index contributed by atoms with van der Waals surface area (Å²) in [6.45, 7) is 3.78. The number of nitrogens with zero attached hydrogens (tertiary/aromatic N) is 1. The van der Waals surface area contributed by atoms with Crippen LogP contribution >= 0.6 is 0 Å². The van der Waals surface area contributed by atoms with E-state index in [1.54, 1.807) is 6.20 Å². The number of aromatic nitrogens is 1. The van der Waals surface area contributed by atoms with Crippen molar-refractivity contribution in [2.75, 3.05) is 13.1 Å². The van der Waals surface area contributed by atoms with Crippen molar-refractivity contribution in [3.05, 3.63) is 30.1 Å². The Kier molecular flexibility index (Phi) is 13.4. The van der Waals surface area contributed by atoms with Crippen LogP contribution < -0.4 is 11.5 Å². The Bertz CT molecular complexity index is 243. The van der Waals surface area contributed by atoms with Gasteiger partial charge >= 0.3 is 0 Å². The Balaban J connectivity index is 0.000000321. The summed E-state index contributed by atoms with van der Waals surface area (Å²) in [5, 5.41) is 0. The number of rotatable bonds is 8. The maximum Gasteiger partial charge on any atom is 0.0416 e. The van der Waals surface area contributed by atoms with Gasteiger partial charge in [0, 0.05) is 18.3 Å². The molecule has 0 unspecified atom stereocenters. The first kappa shape index (κ1) is 17.1. The van der Waals surface area contributed by atoms with E-state index in [1.807, 2.05) is 18.2 Å². The van der Waals surface area contributed by atoms with Crippen molar-refractivity contribution in [3.8, 4) is 0 Å². The van der Waals surface area contributed by atoms with E-state index in [9.17, 15) is 0 Å². The molecule has 0 aliphatic rings. The number of hydrogen-bond donors (Lipinski definition) is 2. The molecule has 18 heavy (non-hydrogen) atoms. The van der Waals surface area contributed by atoms with Crippen LogP contribution in [0.3, 0.4) is 0 Å². The van der Waals surface area contributed by atoms with Crippen molar-refractivity contribution in [2.45, 2.75) is 51.9 Å². The van der Waals surface area contributed by atoms with E-state index < -0.39 is 0 Å². The highest BCUT2D eigenvalue weighted by Gasteiger charge is 1.86. The molecule has 104 valence electrons. The molecule has 4 N–H and O–H groups in total. The molecule has 0 spiro atoms. The molecule has 3 nitrogen and oxygen atoms in total. The van der Waals surface area contributed by atoms with E-state index in [0.717, 1.165) is 18.7 Å². The van der Waals surface area contributed by atoms with Gasteiger partial charge in [0.05, 0.1) is 0 Å². The fourth-order valence-corrected chi connectivity index (χ4v) is 1.62. The third-order valence-electron chi connectivity index (χ3n) is 2.68. The molecular weight excluding hydrogens is 222 g/mol. The van der Waals surface area contributed by atoms with Crippen LogP contribution in [0.15, 0.2) is 24.4 Å². The van der Waals surface area contributed by atoms with Crippen molar-refractivity contribution in [2.24, 2.45) is 11.5 Å². The summed E-state index contributed by atoms with van der Waals surface area (Å²) in [6.07, 6.45) is 10.7. The summed E-state index contributed by atoms with van der Waals surface area (Å²) in [7, 11) is 0.